The number of esters is 1. The summed E-state index contributed by atoms with van der Waals surface area (Å²) in [5, 5.41) is 3.24. The summed E-state index contributed by atoms with van der Waals surface area (Å²) < 4.78 is 16.6. The Kier molecular flexibility index (Phi) is 6.45. The van der Waals surface area contributed by atoms with Crippen LogP contribution in [0.2, 0.25) is 0 Å². The summed E-state index contributed by atoms with van der Waals surface area (Å²) in [6.07, 6.45) is 6.40. The first kappa shape index (κ1) is 16.7. The molecule has 5 nitrogen and oxygen atoms in total. The Labute approximate surface area is 127 Å². The predicted octanol–water partition coefficient (Wildman–Crippen LogP) is 1.89. The Bertz CT molecular complexity index is 330. The van der Waals surface area contributed by atoms with E-state index in [1.165, 1.54) is 0 Å². The van der Waals surface area contributed by atoms with Gasteiger partial charge < -0.3 is 19.5 Å². The van der Waals surface area contributed by atoms with E-state index < -0.39 is 5.54 Å². The van der Waals surface area contributed by atoms with Crippen molar-refractivity contribution in [3.05, 3.63) is 0 Å². The summed E-state index contributed by atoms with van der Waals surface area (Å²) in [4.78, 5) is 12.3. The van der Waals surface area contributed by atoms with Gasteiger partial charge in [0.15, 0.2) is 0 Å². The smallest absolute Gasteiger partial charge is 0.326 e. The van der Waals surface area contributed by atoms with Crippen LogP contribution in [0.15, 0.2) is 0 Å². The van der Waals surface area contributed by atoms with Crippen LogP contribution in [0.25, 0.3) is 0 Å². The highest BCUT2D eigenvalue weighted by Crippen LogP contribution is 2.38. The van der Waals surface area contributed by atoms with Gasteiger partial charge in [-0.1, -0.05) is 6.42 Å². The van der Waals surface area contributed by atoms with Crippen molar-refractivity contribution >= 4 is 5.97 Å². The topological polar surface area (TPSA) is 56.8 Å². The zero-order valence-corrected chi connectivity index (χ0v) is 13.4. The van der Waals surface area contributed by atoms with E-state index in [-0.39, 0.29) is 12.1 Å². The molecule has 3 atom stereocenters. The second kappa shape index (κ2) is 8.11. The van der Waals surface area contributed by atoms with Crippen LogP contribution < -0.4 is 5.32 Å². The minimum absolute atomic E-state index is 0.103. The Hall–Kier alpha value is -0.650. The van der Waals surface area contributed by atoms with Gasteiger partial charge in [0, 0.05) is 13.2 Å². The molecule has 1 saturated heterocycles. The molecular weight excluding hydrogens is 270 g/mol. The van der Waals surface area contributed by atoms with Crippen molar-refractivity contribution in [3.63, 3.8) is 0 Å². The maximum absolute atomic E-state index is 12.3. The summed E-state index contributed by atoms with van der Waals surface area (Å²) in [7, 11) is 1.86. The van der Waals surface area contributed by atoms with Crippen molar-refractivity contribution in [1.29, 1.82) is 0 Å². The zero-order valence-electron chi connectivity index (χ0n) is 13.4. The monoisotopic (exact) mass is 299 g/mol. The van der Waals surface area contributed by atoms with E-state index in [1.54, 1.807) is 0 Å². The van der Waals surface area contributed by atoms with Crippen LogP contribution in [-0.2, 0) is 19.0 Å². The number of ether oxygens (including phenoxy) is 3. The highest BCUT2D eigenvalue weighted by molar-refractivity contribution is 5.81. The van der Waals surface area contributed by atoms with Gasteiger partial charge in [0.05, 0.1) is 19.3 Å². The Morgan fingerprint density at radius 1 is 1.38 bits per heavy atom. The normalized spacial score (nSPS) is 32.5. The third-order valence-electron chi connectivity index (χ3n) is 4.84. The molecule has 21 heavy (non-hydrogen) atoms. The molecule has 0 amide bonds. The molecule has 2 aliphatic rings. The molecule has 5 heteroatoms. The van der Waals surface area contributed by atoms with Crippen molar-refractivity contribution in [3.8, 4) is 0 Å². The highest BCUT2D eigenvalue weighted by Gasteiger charge is 2.48. The second-order valence-corrected chi connectivity index (χ2v) is 6.03. The van der Waals surface area contributed by atoms with Gasteiger partial charge in [-0.25, -0.2) is 0 Å². The molecule has 0 aromatic rings. The average molecular weight is 299 g/mol. The van der Waals surface area contributed by atoms with Crippen LogP contribution in [0.1, 0.15) is 45.4 Å². The van der Waals surface area contributed by atoms with E-state index >= 15 is 0 Å². The number of hydrogen-bond donors (Lipinski definition) is 1. The fourth-order valence-corrected chi connectivity index (χ4v) is 3.64. The van der Waals surface area contributed by atoms with E-state index in [1.807, 2.05) is 14.0 Å². The van der Waals surface area contributed by atoms with Gasteiger partial charge >= 0.3 is 5.97 Å². The number of carbonyl (C=O) groups excluding carboxylic acids is 1. The number of hydrogen-bond acceptors (Lipinski definition) is 5. The first-order valence-electron chi connectivity index (χ1n) is 8.28. The van der Waals surface area contributed by atoms with Crippen molar-refractivity contribution in [2.45, 2.75) is 57.1 Å². The maximum Gasteiger partial charge on any atom is 0.326 e. The minimum Gasteiger partial charge on any atom is -0.465 e. The van der Waals surface area contributed by atoms with E-state index in [4.69, 9.17) is 14.2 Å². The van der Waals surface area contributed by atoms with Crippen LogP contribution in [-0.4, -0.2) is 51.1 Å². The molecule has 1 N–H and O–H groups in total. The Balaban J connectivity index is 1.78. The highest BCUT2D eigenvalue weighted by atomic mass is 16.5. The van der Waals surface area contributed by atoms with Crippen LogP contribution in [0, 0.1) is 5.92 Å². The molecule has 1 aliphatic carbocycles. The number of carbonyl (C=O) groups is 1. The van der Waals surface area contributed by atoms with Crippen LogP contribution in [0.3, 0.4) is 0 Å². The van der Waals surface area contributed by atoms with Gasteiger partial charge in [-0.15, -0.1) is 0 Å². The van der Waals surface area contributed by atoms with Crippen molar-refractivity contribution in [1.82, 2.24) is 5.32 Å². The molecule has 122 valence electrons. The van der Waals surface area contributed by atoms with Gasteiger partial charge in [-0.3, -0.25) is 4.79 Å². The maximum atomic E-state index is 12.3. The summed E-state index contributed by atoms with van der Waals surface area (Å²) in [5.41, 5.74) is -0.511. The lowest BCUT2D eigenvalue weighted by Crippen LogP contribution is -2.54. The molecule has 0 aromatic carbocycles. The van der Waals surface area contributed by atoms with Gasteiger partial charge in [0.25, 0.3) is 0 Å². The first-order chi connectivity index (χ1) is 10.2. The van der Waals surface area contributed by atoms with Gasteiger partial charge in [0.2, 0.25) is 0 Å². The largest absolute Gasteiger partial charge is 0.465 e. The molecule has 2 rings (SSSR count). The summed E-state index contributed by atoms with van der Waals surface area (Å²) in [6, 6.07) is 0. The number of likely N-dealkylation sites (N-methyl/N-ethyl adjacent to an activating group) is 1. The van der Waals surface area contributed by atoms with Gasteiger partial charge in [-0.05, 0) is 52.0 Å². The van der Waals surface area contributed by atoms with Gasteiger partial charge in [0.1, 0.15) is 5.54 Å². The summed E-state index contributed by atoms with van der Waals surface area (Å²) in [6.45, 7) is 4.52. The molecule has 2 fully saturated rings. The van der Waals surface area contributed by atoms with Crippen molar-refractivity contribution < 1.29 is 19.0 Å². The van der Waals surface area contributed by atoms with E-state index in [0.717, 1.165) is 45.1 Å². The lowest BCUT2D eigenvalue weighted by Gasteiger charge is -2.33. The molecule has 0 bridgehead atoms. The fourth-order valence-electron chi connectivity index (χ4n) is 3.64. The zero-order chi connectivity index (χ0) is 15.1. The van der Waals surface area contributed by atoms with E-state index in [9.17, 15) is 4.79 Å². The average Bonchev–Trinajstić information content (AvgIpc) is 3.14. The molecule has 0 aromatic heterocycles. The standard InChI is InChI=1S/C16H29NO4/c1-3-20-15(18)16(17-2)9-4-6-13(16)8-11-19-12-14-7-5-10-21-14/h13-14,17H,3-12H2,1-2H3. The Morgan fingerprint density at radius 3 is 2.90 bits per heavy atom. The SMILES string of the molecule is CCOC(=O)C1(NC)CCCC1CCOCC1CCCO1. The quantitative estimate of drug-likeness (QED) is 0.548. The van der Waals surface area contributed by atoms with E-state index in [2.05, 4.69) is 5.32 Å². The van der Waals surface area contributed by atoms with Crippen LogP contribution in [0.4, 0.5) is 0 Å². The second-order valence-electron chi connectivity index (χ2n) is 6.03. The van der Waals surface area contributed by atoms with Gasteiger partial charge in [-0.2, -0.15) is 0 Å². The van der Waals surface area contributed by atoms with E-state index in [0.29, 0.717) is 25.7 Å². The Morgan fingerprint density at radius 2 is 2.24 bits per heavy atom. The third-order valence-corrected chi connectivity index (χ3v) is 4.84. The molecule has 1 saturated carbocycles. The third kappa shape index (κ3) is 3.96. The van der Waals surface area contributed by atoms with Crippen LogP contribution >= 0.6 is 0 Å². The fraction of sp³-hybridized carbons (Fsp3) is 0.938. The number of nitrogens with one attached hydrogen (secondary N) is 1. The molecule has 1 aliphatic heterocycles. The molecule has 3 unspecified atom stereocenters. The molecule has 1 heterocycles. The van der Waals surface area contributed by atoms with Crippen LogP contribution in [0.5, 0.6) is 0 Å². The molecule has 0 radical (unpaired) electrons. The first-order valence-corrected chi connectivity index (χ1v) is 8.28. The van der Waals surface area contributed by atoms with Crippen molar-refractivity contribution in [2.24, 2.45) is 5.92 Å². The van der Waals surface area contributed by atoms with Crippen molar-refractivity contribution in [2.75, 3.05) is 33.5 Å². The lowest BCUT2D eigenvalue weighted by molar-refractivity contribution is -0.153. The predicted molar refractivity (Wildman–Crippen MR) is 80.2 cm³/mol. The molecular formula is C16H29NO4. The lowest BCUT2D eigenvalue weighted by atomic mass is 9.85. The molecule has 0 spiro atoms. The summed E-state index contributed by atoms with van der Waals surface area (Å²) in [5.74, 6) is 0.195. The minimum atomic E-state index is -0.511. The summed E-state index contributed by atoms with van der Waals surface area (Å²) >= 11 is 0. The number of rotatable bonds is 8.